The highest BCUT2D eigenvalue weighted by Gasteiger charge is 2.16. The lowest BCUT2D eigenvalue weighted by molar-refractivity contribution is 0.0697. The molecule has 168 valence electrons. The van der Waals surface area contributed by atoms with Crippen LogP contribution in [0, 0.1) is 0 Å². The summed E-state index contributed by atoms with van der Waals surface area (Å²) in [7, 11) is 0. The molecule has 0 saturated heterocycles. The molecule has 1 aromatic heterocycles. The van der Waals surface area contributed by atoms with E-state index in [-0.39, 0.29) is 23.6 Å². The Bertz CT molecular complexity index is 1140. The fourth-order valence-corrected chi connectivity index (χ4v) is 3.87. The van der Waals surface area contributed by atoms with Crippen LogP contribution in [0.3, 0.4) is 0 Å². The average Bonchev–Trinajstić information content (AvgIpc) is 3.12. The number of aromatic carboxylic acids is 1. The highest BCUT2D eigenvalue weighted by atomic mass is 16.4. The highest BCUT2D eigenvalue weighted by molar-refractivity contribution is 5.96. The Labute approximate surface area is 188 Å². The minimum atomic E-state index is -0.967. The number of imidazole rings is 1. The quantitative estimate of drug-likeness (QED) is 0.443. The minimum absolute atomic E-state index is 0.204. The number of hydrogen-bond acceptors (Lipinski definition) is 3. The number of benzene rings is 2. The first-order valence-corrected chi connectivity index (χ1v) is 11.2. The number of aromatic nitrogens is 2. The molecule has 0 bridgehead atoms. The molecule has 0 aliphatic rings. The van der Waals surface area contributed by atoms with E-state index in [9.17, 15) is 19.5 Å². The normalized spacial score (nSPS) is 10.9. The van der Waals surface area contributed by atoms with Crippen LogP contribution in [0.15, 0.2) is 59.5 Å². The zero-order chi connectivity index (χ0) is 23.1. The summed E-state index contributed by atoms with van der Waals surface area (Å²) in [4.78, 5) is 36.7. The second-order valence-electron chi connectivity index (χ2n) is 7.96. The molecule has 3 rings (SSSR count). The Balaban J connectivity index is 1.88. The summed E-state index contributed by atoms with van der Waals surface area (Å²) in [6.07, 6.45) is 7.08. The Morgan fingerprint density at radius 2 is 1.66 bits per heavy atom. The maximum Gasteiger partial charge on any atom is 0.336 e. The molecule has 0 aliphatic heterocycles. The zero-order valence-electron chi connectivity index (χ0n) is 18.7. The molecule has 6 heteroatoms. The number of carboxylic acids is 1. The molecule has 0 spiro atoms. The Morgan fingerprint density at radius 1 is 0.938 bits per heavy atom. The molecular formula is C26H30N2O4. The van der Waals surface area contributed by atoms with Gasteiger partial charge in [-0.3, -0.25) is 9.36 Å². The van der Waals surface area contributed by atoms with Crippen LogP contribution in [0.5, 0.6) is 0 Å². The summed E-state index contributed by atoms with van der Waals surface area (Å²) in [5.41, 5.74) is 3.19. The molecule has 2 aromatic carbocycles. The number of carboxylic acid groups (broad SMARTS) is 1. The van der Waals surface area contributed by atoms with Crippen LogP contribution in [0.1, 0.15) is 72.4 Å². The van der Waals surface area contributed by atoms with Crippen LogP contribution in [0.25, 0.3) is 11.1 Å². The lowest BCUT2D eigenvalue weighted by atomic mass is 9.99. The van der Waals surface area contributed by atoms with E-state index in [2.05, 4.69) is 6.92 Å². The molecule has 0 amide bonds. The van der Waals surface area contributed by atoms with Crippen LogP contribution in [0.2, 0.25) is 0 Å². The second-order valence-corrected chi connectivity index (χ2v) is 7.96. The van der Waals surface area contributed by atoms with Crippen LogP contribution < -0.4 is 5.69 Å². The summed E-state index contributed by atoms with van der Waals surface area (Å²) in [6, 6.07) is 14.4. The van der Waals surface area contributed by atoms with E-state index in [0.29, 0.717) is 12.1 Å². The largest absolute Gasteiger partial charge is 0.478 e. The average molecular weight is 435 g/mol. The third-order valence-electron chi connectivity index (χ3n) is 5.68. The Kier molecular flexibility index (Phi) is 7.82. The molecule has 3 aromatic rings. The van der Waals surface area contributed by atoms with Crippen molar-refractivity contribution in [1.29, 1.82) is 0 Å². The summed E-state index contributed by atoms with van der Waals surface area (Å²) >= 11 is 0. The maximum atomic E-state index is 12.9. The first-order valence-electron chi connectivity index (χ1n) is 11.2. The molecular weight excluding hydrogens is 404 g/mol. The van der Waals surface area contributed by atoms with Crippen LogP contribution in [0.4, 0.5) is 0 Å². The van der Waals surface area contributed by atoms with Gasteiger partial charge in [-0.25, -0.2) is 14.2 Å². The first kappa shape index (κ1) is 23.3. The second kappa shape index (κ2) is 10.8. The van der Waals surface area contributed by atoms with Crippen LogP contribution in [-0.4, -0.2) is 26.1 Å². The van der Waals surface area contributed by atoms with Crippen molar-refractivity contribution in [3.63, 3.8) is 0 Å². The van der Waals surface area contributed by atoms with Crippen molar-refractivity contribution in [2.45, 2.75) is 58.9 Å². The fourth-order valence-electron chi connectivity index (χ4n) is 3.87. The van der Waals surface area contributed by atoms with Gasteiger partial charge >= 0.3 is 11.7 Å². The highest BCUT2D eigenvalue weighted by Crippen LogP contribution is 2.24. The van der Waals surface area contributed by atoms with Gasteiger partial charge in [0.1, 0.15) is 0 Å². The van der Waals surface area contributed by atoms with Gasteiger partial charge in [-0.1, -0.05) is 75.6 Å². The Morgan fingerprint density at radius 3 is 2.31 bits per heavy atom. The van der Waals surface area contributed by atoms with E-state index in [1.54, 1.807) is 35.9 Å². The smallest absolute Gasteiger partial charge is 0.336 e. The van der Waals surface area contributed by atoms with Gasteiger partial charge in [0.05, 0.1) is 12.1 Å². The molecule has 0 fully saturated rings. The van der Waals surface area contributed by atoms with Crippen LogP contribution in [-0.2, 0) is 13.0 Å². The van der Waals surface area contributed by atoms with Gasteiger partial charge in [0.25, 0.3) is 0 Å². The number of aryl methyl sites for hydroxylation is 1. The van der Waals surface area contributed by atoms with Gasteiger partial charge in [-0.15, -0.1) is 0 Å². The number of unbranched alkanes of at least 4 members (excludes halogenated alkanes) is 3. The number of rotatable bonds is 10. The maximum absolute atomic E-state index is 12.9. The molecule has 6 nitrogen and oxygen atoms in total. The van der Waals surface area contributed by atoms with Crippen molar-refractivity contribution in [3.05, 3.63) is 82.0 Å². The van der Waals surface area contributed by atoms with E-state index in [1.165, 1.54) is 4.57 Å². The molecule has 0 saturated carbocycles. The van der Waals surface area contributed by atoms with Crippen molar-refractivity contribution in [3.8, 4) is 11.1 Å². The van der Waals surface area contributed by atoms with Gasteiger partial charge in [0.15, 0.2) is 0 Å². The van der Waals surface area contributed by atoms with Gasteiger partial charge in [-0.2, -0.15) is 0 Å². The molecule has 1 N–H and O–H groups in total. The summed E-state index contributed by atoms with van der Waals surface area (Å²) < 4.78 is 2.91. The first-order chi connectivity index (χ1) is 15.5. The Hall–Kier alpha value is -3.41. The van der Waals surface area contributed by atoms with Gasteiger partial charge in [-0.05, 0) is 35.6 Å². The third-order valence-corrected chi connectivity index (χ3v) is 5.68. The summed E-state index contributed by atoms with van der Waals surface area (Å²) in [5, 5.41) is 9.44. The lowest BCUT2D eigenvalue weighted by Crippen LogP contribution is -2.29. The molecule has 1 heterocycles. The number of nitrogens with zero attached hydrogens (tertiary/aromatic N) is 2. The van der Waals surface area contributed by atoms with Crippen molar-refractivity contribution in [2.24, 2.45) is 0 Å². The number of hydrogen-bond donors (Lipinski definition) is 1. The van der Waals surface area contributed by atoms with E-state index in [4.69, 9.17) is 0 Å². The third kappa shape index (κ3) is 5.25. The van der Waals surface area contributed by atoms with E-state index >= 15 is 0 Å². The van der Waals surface area contributed by atoms with E-state index in [1.807, 2.05) is 30.3 Å². The van der Waals surface area contributed by atoms with Crippen molar-refractivity contribution in [2.75, 3.05) is 0 Å². The topological polar surface area (TPSA) is 81.3 Å². The molecule has 0 aliphatic carbocycles. The van der Waals surface area contributed by atoms with Crippen molar-refractivity contribution in [1.82, 2.24) is 9.13 Å². The molecule has 0 unspecified atom stereocenters. The van der Waals surface area contributed by atoms with Gasteiger partial charge in [0.2, 0.25) is 5.91 Å². The minimum Gasteiger partial charge on any atom is -0.478 e. The van der Waals surface area contributed by atoms with Crippen molar-refractivity contribution < 1.29 is 14.7 Å². The zero-order valence-corrected chi connectivity index (χ0v) is 18.7. The number of carbonyl (C=O) groups is 2. The predicted molar refractivity (Wildman–Crippen MR) is 125 cm³/mol. The summed E-state index contributed by atoms with van der Waals surface area (Å²) in [5.74, 6) is -1.17. The van der Waals surface area contributed by atoms with Crippen molar-refractivity contribution >= 4 is 11.9 Å². The lowest BCUT2D eigenvalue weighted by Gasteiger charge is -2.10. The standard InChI is InChI=1S/C26H30N2O4/c1-3-5-6-7-10-21-18-28(24(29)4-2)26(32)27(21)17-19-13-15-20(16-14-19)22-11-8-9-12-23(22)25(30)31/h8-9,11-16,18H,3-7,10,17H2,1-2H3,(H,30,31). The molecule has 0 atom stereocenters. The summed E-state index contributed by atoms with van der Waals surface area (Å²) in [6.45, 7) is 4.28. The van der Waals surface area contributed by atoms with Crippen LogP contribution >= 0.6 is 0 Å². The molecule has 0 radical (unpaired) electrons. The van der Waals surface area contributed by atoms with E-state index < -0.39 is 5.97 Å². The fraction of sp³-hybridized carbons (Fsp3) is 0.346. The monoisotopic (exact) mass is 434 g/mol. The molecule has 32 heavy (non-hydrogen) atoms. The number of carbonyl (C=O) groups excluding carboxylic acids is 1. The SMILES string of the molecule is CCCCCCc1cn(C(=O)CC)c(=O)n1Cc1ccc(-c2ccccc2C(=O)O)cc1. The predicted octanol–water partition coefficient (Wildman–Crippen LogP) is 5.24. The van der Waals surface area contributed by atoms with Gasteiger partial charge < -0.3 is 5.11 Å². The van der Waals surface area contributed by atoms with Gasteiger partial charge in [0, 0.05) is 18.3 Å². The van der Waals surface area contributed by atoms with E-state index in [0.717, 1.165) is 48.9 Å².